The summed E-state index contributed by atoms with van der Waals surface area (Å²) in [7, 11) is 0. The summed E-state index contributed by atoms with van der Waals surface area (Å²) < 4.78 is 13.2. The summed E-state index contributed by atoms with van der Waals surface area (Å²) >= 11 is 2.95. The van der Waals surface area contributed by atoms with Crippen molar-refractivity contribution in [2.24, 2.45) is 0 Å². The summed E-state index contributed by atoms with van der Waals surface area (Å²) in [5, 5.41) is 0. The lowest BCUT2D eigenvalue weighted by Crippen LogP contribution is -2.01. The molecular weight excluding hydrogens is 239 g/mol. The van der Waals surface area contributed by atoms with Crippen molar-refractivity contribution in [3.05, 3.63) is 39.6 Å². The number of halogens is 2. The summed E-state index contributed by atoms with van der Waals surface area (Å²) in [6.07, 6.45) is 0.711. The van der Waals surface area contributed by atoms with Crippen molar-refractivity contribution in [2.45, 2.75) is 0 Å². The molecule has 0 aromatic heterocycles. The number of hydrogen-bond donors (Lipinski definition) is 0. The number of carbonyl (C=O) groups is 1. The van der Waals surface area contributed by atoms with Gasteiger partial charge in [-0.25, -0.2) is 4.39 Å². The number of carbonyl (C=O) groups excluding carboxylic acids is 1. The van der Waals surface area contributed by atoms with E-state index < -0.39 is 11.6 Å². The van der Waals surface area contributed by atoms with E-state index in [4.69, 9.17) is 5.53 Å². The van der Waals surface area contributed by atoms with Gasteiger partial charge >= 0.3 is 6.21 Å². The van der Waals surface area contributed by atoms with Crippen LogP contribution in [0.5, 0.6) is 0 Å². The molecule has 0 fully saturated rings. The van der Waals surface area contributed by atoms with Gasteiger partial charge in [-0.3, -0.25) is 4.79 Å². The fourth-order valence-corrected chi connectivity index (χ4v) is 1.02. The van der Waals surface area contributed by atoms with Crippen molar-refractivity contribution in [2.75, 3.05) is 0 Å². The molecule has 0 unspecified atom stereocenters. The first-order valence-corrected chi connectivity index (χ1v) is 4.11. The highest BCUT2D eigenvalue weighted by Gasteiger charge is 2.09. The molecule has 0 aliphatic rings. The monoisotopic (exact) mass is 242 g/mol. The summed E-state index contributed by atoms with van der Waals surface area (Å²) in [6.45, 7) is 0. The Balaban J connectivity index is 3.10. The van der Waals surface area contributed by atoms with Crippen molar-refractivity contribution in [1.29, 1.82) is 0 Å². The lowest BCUT2D eigenvalue weighted by molar-refractivity contribution is 0.00234. The number of hydrogen-bond acceptors (Lipinski definition) is 1. The van der Waals surface area contributed by atoms with Crippen molar-refractivity contribution in [3.63, 3.8) is 0 Å². The second-order valence-electron chi connectivity index (χ2n) is 2.24. The quantitative estimate of drug-likeness (QED) is 0.339. The number of nitrogens with zero attached hydrogens (tertiary/aromatic N) is 2. The first kappa shape index (κ1) is 9.77. The average molecular weight is 243 g/mol. The van der Waals surface area contributed by atoms with E-state index in [1.807, 2.05) is 0 Å². The van der Waals surface area contributed by atoms with E-state index in [0.29, 0.717) is 6.21 Å². The van der Waals surface area contributed by atoms with Gasteiger partial charge in [-0.05, 0) is 34.1 Å². The molecule has 1 rings (SSSR count). The first-order valence-electron chi connectivity index (χ1n) is 3.32. The van der Waals surface area contributed by atoms with Gasteiger partial charge in [0.05, 0.1) is 4.47 Å². The van der Waals surface area contributed by atoms with Gasteiger partial charge in [0, 0.05) is 5.56 Å². The third-order valence-corrected chi connectivity index (χ3v) is 2.02. The van der Waals surface area contributed by atoms with Gasteiger partial charge in [0.1, 0.15) is 5.82 Å². The zero-order valence-corrected chi connectivity index (χ0v) is 7.95. The maximum Gasteiger partial charge on any atom is 0.328 e. The molecule has 1 aromatic rings. The smallest absolute Gasteiger partial charge is 0.328 e. The van der Waals surface area contributed by atoms with Crippen molar-refractivity contribution >= 4 is 27.9 Å². The van der Waals surface area contributed by atoms with Crippen LogP contribution in [0.2, 0.25) is 0 Å². The van der Waals surface area contributed by atoms with Gasteiger partial charge in [0.15, 0.2) is 0 Å². The van der Waals surface area contributed by atoms with Crippen LogP contribution in [0.15, 0.2) is 22.7 Å². The standard InChI is InChI=1S/C8H4BrFN2O/c9-6-2-1-5(3-7(6)10)8(13)4-12-11/h1-4H. The molecule has 0 bridgehead atoms. The predicted octanol–water partition coefficient (Wildman–Crippen LogP) is 2.07. The van der Waals surface area contributed by atoms with Crippen molar-refractivity contribution in [3.8, 4) is 0 Å². The molecule has 1 aromatic carbocycles. The topological polar surface area (TPSA) is 53.5 Å². The van der Waals surface area contributed by atoms with Crippen LogP contribution in [0, 0.1) is 5.82 Å². The molecule has 13 heavy (non-hydrogen) atoms. The normalized spacial score (nSPS) is 9.08. The second-order valence-corrected chi connectivity index (χ2v) is 3.09. The molecule has 3 nitrogen and oxygen atoms in total. The Morgan fingerprint density at radius 3 is 2.85 bits per heavy atom. The van der Waals surface area contributed by atoms with Crippen LogP contribution in [-0.4, -0.2) is 16.8 Å². The van der Waals surface area contributed by atoms with Crippen molar-refractivity contribution < 1.29 is 14.0 Å². The lowest BCUT2D eigenvalue weighted by atomic mass is 10.1. The summed E-state index contributed by atoms with van der Waals surface area (Å²) in [5.41, 5.74) is 8.20. The van der Waals surface area contributed by atoms with Crippen LogP contribution in [0.4, 0.5) is 4.39 Å². The van der Waals surface area contributed by atoms with Gasteiger partial charge in [-0.2, -0.15) is 4.79 Å². The molecule has 0 spiro atoms. The SMILES string of the molecule is [N-]=[N+]=CC(=O)c1ccc(Br)c(F)c1. The summed E-state index contributed by atoms with van der Waals surface area (Å²) in [6, 6.07) is 3.90. The number of rotatable bonds is 2. The van der Waals surface area contributed by atoms with Crippen LogP contribution in [-0.2, 0) is 0 Å². The number of ketones is 1. The van der Waals surface area contributed by atoms with Crippen LogP contribution >= 0.6 is 15.9 Å². The summed E-state index contributed by atoms with van der Waals surface area (Å²) in [4.78, 5) is 13.6. The fourth-order valence-electron chi connectivity index (χ4n) is 0.776. The molecule has 5 heteroatoms. The largest absolute Gasteiger partial charge is 0.361 e. The summed E-state index contributed by atoms with van der Waals surface area (Å²) in [5.74, 6) is -1.08. The van der Waals surface area contributed by atoms with Crippen LogP contribution in [0.3, 0.4) is 0 Å². The van der Waals surface area contributed by atoms with Crippen molar-refractivity contribution in [1.82, 2.24) is 0 Å². The highest BCUT2D eigenvalue weighted by Crippen LogP contribution is 2.16. The molecule has 0 amide bonds. The van der Waals surface area contributed by atoms with E-state index in [1.165, 1.54) is 12.1 Å². The Labute approximate surface area is 81.9 Å². The van der Waals surface area contributed by atoms with E-state index in [1.54, 1.807) is 0 Å². The van der Waals surface area contributed by atoms with Gasteiger partial charge in [0.2, 0.25) is 0 Å². The van der Waals surface area contributed by atoms with Gasteiger partial charge in [-0.15, -0.1) is 0 Å². The Bertz CT molecular complexity index is 399. The van der Waals surface area contributed by atoms with E-state index in [2.05, 4.69) is 20.7 Å². The number of Topliss-reactive ketones (excluding diaryl/α,β-unsaturated/α-hetero) is 1. The Morgan fingerprint density at radius 2 is 2.31 bits per heavy atom. The second kappa shape index (κ2) is 4.07. The minimum Gasteiger partial charge on any atom is -0.361 e. The fraction of sp³-hybridized carbons (Fsp3) is 0. The predicted molar refractivity (Wildman–Crippen MR) is 48.1 cm³/mol. The van der Waals surface area contributed by atoms with E-state index in [-0.39, 0.29) is 10.0 Å². The van der Waals surface area contributed by atoms with E-state index in [9.17, 15) is 9.18 Å². The molecule has 0 aliphatic carbocycles. The third-order valence-electron chi connectivity index (χ3n) is 1.38. The Hall–Kier alpha value is -1.32. The molecule has 0 heterocycles. The van der Waals surface area contributed by atoms with Gasteiger partial charge < -0.3 is 5.53 Å². The average Bonchev–Trinajstić information content (AvgIpc) is 2.10. The molecule has 0 saturated carbocycles. The molecule has 0 saturated heterocycles. The molecular formula is C8H4BrFN2O. The van der Waals surface area contributed by atoms with Gasteiger partial charge in [-0.1, -0.05) is 0 Å². The maximum absolute atomic E-state index is 12.9. The molecule has 0 N–H and O–H groups in total. The minimum atomic E-state index is -0.547. The Morgan fingerprint density at radius 1 is 1.62 bits per heavy atom. The minimum absolute atomic E-state index is 0.138. The third kappa shape index (κ3) is 2.31. The number of benzene rings is 1. The zero-order valence-electron chi connectivity index (χ0n) is 6.37. The highest BCUT2D eigenvalue weighted by molar-refractivity contribution is 9.10. The van der Waals surface area contributed by atoms with E-state index in [0.717, 1.165) is 6.07 Å². The van der Waals surface area contributed by atoms with Crippen LogP contribution in [0.25, 0.3) is 5.53 Å². The highest BCUT2D eigenvalue weighted by atomic mass is 79.9. The first-order chi connectivity index (χ1) is 6.15. The van der Waals surface area contributed by atoms with Crippen LogP contribution in [0.1, 0.15) is 10.4 Å². The lowest BCUT2D eigenvalue weighted by Gasteiger charge is -1.95. The molecule has 0 aliphatic heterocycles. The molecule has 66 valence electrons. The maximum atomic E-state index is 12.9. The zero-order chi connectivity index (χ0) is 9.84. The van der Waals surface area contributed by atoms with Gasteiger partial charge in [0.25, 0.3) is 5.78 Å². The van der Waals surface area contributed by atoms with Crippen LogP contribution < -0.4 is 0 Å². The Kier molecular flexibility index (Phi) is 3.06. The molecule has 0 atom stereocenters. The van der Waals surface area contributed by atoms with E-state index >= 15 is 0 Å². The molecule has 0 radical (unpaired) electrons.